The van der Waals surface area contributed by atoms with Crippen LogP contribution in [0.1, 0.15) is 55.0 Å². The van der Waals surface area contributed by atoms with Crippen molar-refractivity contribution in [3.05, 3.63) is 80.2 Å². The number of fused-ring (bicyclic) bond motifs is 2. The molecule has 6 nitrogen and oxygen atoms in total. The van der Waals surface area contributed by atoms with Crippen LogP contribution >= 0.6 is 23.1 Å². The van der Waals surface area contributed by atoms with E-state index in [0.717, 1.165) is 35.7 Å². The molecule has 3 aliphatic rings. The summed E-state index contributed by atoms with van der Waals surface area (Å²) in [5, 5.41) is 10.0. The first-order valence-corrected chi connectivity index (χ1v) is 12.8. The summed E-state index contributed by atoms with van der Waals surface area (Å²) in [6.07, 6.45) is 3.29. The van der Waals surface area contributed by atoms with Crippen LogP contribution in [0.3, 0.4) is 0 Å². The average Bonchev–Trinajstić information content (AvgIpc) is 3.48. The second kappa shape index (κ2) is 9.19. The topological polar surface area (TPSA) is 71.0 Å². The van der Waals surface area contributed by atoms with Crippen molar-refractivity contribution in [3.63, 3.8) is 0 Å². The van der Waals surface area contributed by atoms with Crippen molar-refractivity contribution < 1.29 is 14.3 Å². The second-order valence-electron chi connectivity index (χ2n) is 8.33. The summed E-state index contributed by atoms with van der Waals surface area (Å²) >= 11 is 3.06. The van der Waals surface area contributed by atoms with Gasteiger partial charge in [0.25, 0.3) is 0 Å². The molecule has 1 aliphatic carbocycles. The number of hydrogen-bond acceptors (Lipinski definition) is 7. The first-order chi connectivity index (χ1) is 16.1. The number of thioether (sulfide) groups is 1. The fraction of sp³-hybridized carbons (Fsp3) is 0.320. The Morgan fingerprint density at radius 2 is 2.12 bits per heavy atom. The van der Waals surface area contributed by atoms with Gasteiger partial charge in [-0.25, -0.2) is 9.79 Å². The Hall–Kier alpha value is -2.84. The Labute approximate surface area is 201 Å². The van der Waals surface area contributed by atoms with Crippen LogP contribution in [0.5, 0.6) is 0 Å². The summed E-state index contributed by atoms with van der Waals surface area (Å²) in [6.45, 7) is 1.84. The molecule has 0 saturated carbocycles. The van der Waals surface area contributed by atoms with E-state index in [2.05, 4.69) is 28.5 Å². The molecule has 0 radical (unpaired) electrons. The number of hydrogen-bond donors (Lipinski definition) is 1. The largest absolute Gasteiger partial charge is 0.466 e. The summed E-state index contributed by atoms with van der Waals surface area (Å²) in [5.41, 5.74) is 5.52. The maximum atomic E-state index is 13.2. The van der Waals surface area contributed by atoms with Gasteiger partial charge in [0, 0.05) is 5.70 Å². The molecular formula is C25H25N3O3S2. The van der Waals surface area contributed by atoms with Gasteiger partial charge in [-0.05, 0) is 65.1 Å². The summed E-state index contributed by atoms with van der Waals surface area (Å²) in [5.74, 6) is -0.425. The van der Waals surface area contributed by atoms with E-state index in [1.165, 1.54) is 30.0 Å². The Bertz CT molecular complexity index is 1180. The zero-order valence-corrected chi connectivity index (χ0v) is 20.2. The third kappa shape index (κ3) is 4.13. The molecule has 8 heteroatoms. The number of ether oxygens (including phenoxy) is 1. The highest BCUT2D eigenvalue weighted by molar-refractivity contribution is 8.16. The number of esters is 1. The van der Waals surface area contributed by atoms with E-state index in [9.17, 15) is 9.59 Å². The summed E-state index contributed by atoms with van der Waals surface area (Å²) in [6, 6.07) is 10.0. The van der Waals surface area contributed by atoms with Gasteiger partial charge in [0.1, 0.15) is 0 Å². The molecule has 1 aromatic heterocycles. The zero-order valence-electron chi connectivity index (χ0n) is 18.5. The van der Waals surface area contributed by atoms with Crippen LogP contribution in [0, 0.1) is 0 Å². The highest BCUT2D eigenvalue weighted by Crippen LogP contribution is 2.45. The highest BCUT2D eigenvalue weighted by atomic mass is 32.2. The van der Waals surface area contributed by atoms with E-state index >= 15 is 0 Å². The minimum absolute atomic E-state index is 0.0280. The van der Waals surface area contributed by atoms with Gasteiger partial charge in [-0.3, -0.25) is 4.79 Å². The van der Waals surface area contributed by atoms with Gasteiger partial charge in [0.15, 0.2) is 5.17 Å². The van der Waals surface area contributed by atoms with Gasteiger partial charge in [-0.1, -0.05) is 36.0 Å². The summed E-state index contributed by atoms with van der Waals surface area (Å²) < 4.78 is 5.09. The van der Waals surface area contributed by atoms with Crippen LogP contribution in [-0.4, -0.2) is 29.1 Å². The van der Waals surface area contributed by atoms with Crippen LogP contribution in [0.15, 0.2) is 68.5 Å². The van der Waals surface area contributed by atoms with Crippen molar-refractivity contribution in [1.29, 1.82) is 0 Å². The van der Waals surface area contributed by atoms with E-state index in [1.807, 2.05) is 40.1 Å². The normalized spacial score (nSPS) is 21.7. The number of methoxy groups -OCH3 is 1. The number of carbonyl (C=O) groups is 2. The number of carbonyl (C=O) groups excluding carboxylic acids is 2. The first kappa shape index (κ1) is 22.0. The predicted molar refractivity (Wildman–Crippen MR) is 132 cm³/mol. The number of amidine groups is 1. The van der Waals surface area contributed by atoms with Crippen molar-refractivity contribution in [1.82, 2.24) is 10.2 Å². The van der Waals surface area contributed by atoms with Gasteiger partial charge in [0.05, 0.1) is 36.9 Å². The zero-order chi connectivity index (χ0) is 22.9. The number of nitrogens with zero attached hydrogens (tertiary/aromatic N) is 2. The molecule has 0 saturated heterocycles. The molecule has 0 fully saturated rings. The van der Waals surface area contributed by atoms with Crippen LogP contribution in [-0.2, 0) is 20.7 Å². The molecule has 1 aromatic carbocycles. The van der Waals surface area contributed by atoms with Crippen molar-refractivity contribution in [3.8, 4) is 0 Å². The Morgan fingerprint density at radius 1 is 1.27 bits per heavy atom. The number of allylic oxidation sites excluding steroid dienone is 1. The Morgan fingerprint density at radius 3 is 2.91 bits per heavy atom. The lowest BCUT2D eigenvalue weighted by atomic mass is 9.87. The molecule has 33 heavy (non-hydrogen) atoms. The van der Waals surface area contributed by atoms with Gasteiger partial charge in [-0.2, -0.15) is 11.3 Å². The number of rotatable bonds is 5. The average molecular weight is 480 g/mol. The molecule has 170 valence electrons. The molecule has 3 heterocycles. The fourth-order valence-electron chi connectivity index (χ4n) is 4.80. The second-order valence-corrected chi connectivity index (χ2v) is 9.95. The third-order valence-corrected chi connectivity index (χ3v) is 7.90. The number of aliphatic imine (C=N–C) groups is 1. The van der Waals surface area contributed by atoms with Crippen molar-refractivity contribution in [2.45, 2.75) is 44.7 Å². The molecule has 2 aromatic rings. The van der Waals surface area contributed by atoms with Gasteiger partial charge in [-0.15, -0.1) is 0 Å². The van der Waals surface area contributed by atoms with E-state index in [1.54, 1.807) is 11.3 Å². The monoisotopic (exact) mass is 479 g/mol. The maximum absolute atomic E-state index is 13.2. The van der Waals surface area contributed by atoms with Crippen molar-refractivity contribution >= 4 is 40.1 Å². The number of benzene rings is 1. The lowest BCUT2D eigenvalue weighted by molar-refractivity contribution is -0.136. The fourth-order valence-corrected chi connectivity index (χ4v) is 6.44. The molecule has 0 bridgehead atoms. The minimum atomic E-state index is -0.397. The number of thiophene rings is 1. The Balaban J connectivity index is 1.39. The van der Waals surface area contributed by atoms with Crippen LogP contribution in [0.4, 0.5) is 0 Å². The maximum Gasteiger partial charge on any atom is 0.338 e. The number of aryl methyl sites for hydroxylation is 1. The van der Waals surface area contributed by atoms with Gasteiger partial charge >= 0.3 is 5.97 Å². The van der Waals surface area contributed by atoms with Crippen molar-refractivity contribution in [2.75, 3.05) is 7.11 Å². The predicted octanol–water partition coefficient (Wildman–Crippen LogP) is 5.08. The number of amides is 1. The van der Waals surface area contributed by atoms with E-state index in [-0.39, 0.29) is 24.4 Å². The SMILES string of the molecule is COC(=O)C1=C(C)N=C2SC=C(CC(=O)N[C@H]3CCCc4ccccc43)N2[C@H]1c1ccsc1. The van der Waals surface area contributed by atoms with E-state index in [0.29, 0.717) is 11.3 Å². The van der Waals surface area contributed by atoms with Crippen molar-refractivity contribution in [2.24, 2.45) is 4.99 Å². The standard InChI is InChI=1S/C25H25N3O3S2/c1-15-22(24(30)31-2)23(17-10-11-32-13-17)28-18(14-33-25(28)26-15)12-21(29)27-20-9-5-7-16-6-3-4-8-19(16)20/h3-4,6,8,10-11,13-14,20,23H,5,7,9,12H2,1-2H3,(H,27,29)/t20-,23-/m0/s1. The molecule has 5 rings (SSSR count). The molecule has 0 spiro atoms. The summed E-state index contributed by atoms with van der Waals surface area (Å²) in [7, 11) is 1.39. The number of nitrogens with one attached hydrogen (secondary N) is 1. The molecule has 1 N–H and O–H groups in total. The minimum Gasteiger partial charge on any atom is -0.466 e. The Kier molecular flexibility index (Phi) is 6.12. The van der Waals surface area contributed by atoms with Crippen LogP contribution < -0.4 is 5.32 Å². The third-order valence-electron chi connectivity index (χ3n) is 6.31. The van der Waals surface area contributed by atoms with Gasteiger partial charge < -0.3 is 15.0 Å². The first-order valence-electron chi connectivity index (χ1n) is 11.0. The summed E-state index contributed by atoms with van der Waals surface area (Å²) in [4.78, 5) is 32.5. The molecular weight excluding hydrogens is 454 g/mol. The van der Waals surface area contributed by atoms with E-state index in [4.69, 9.17) is 4.74 Å². The van der Waals surface area contributed by atoms with E-state index < -0.39 is 5.97 Å². The molecule has 2 atom stereocenters. The molecule has 0 unspecified atom stereocenters. The van der Waals surface area contributed by atoms with Crippen LogP contribution in [0.25, 0.3) is 0 Å². The lowest BCUT2D eigenvalue weighted by Gasteiger charge is -2.35. The van der Waals surface area contributed by atoms with Gasteiger partial charge in [0.2, 0.25) is 5.91 Å². The highest BCUT2D eigenvalue weighted by Gasteiger charge is 2.41. The molecule has 2 aliphatic heterocycles. The quantitative estimate of drug-likeness (QED) is 0.606. The lowest BCUT2D eigenvalue weighted by Crippen LogP contribution is -2.38. The van der Waals surface area contributed by atoms with Crippen LogP contribution in [0.2, 0.25) is 0 Å². The molecule has 1 amide bonds. The smallest absolute Gasteiger partial charge is 0.338 e.